The number of piperidine rings is 1. The summed E-state index contributed by atoms with van der Waals surface area (Å²) in [5.41, 5.74) is 1.66. The first-order chi connectivity index (χ1) is 15.7. The molecule has 1 aliphatic carbocycles. The number of nitriles is 1. The van der Waals surface area contributed by atoms with E-state index in [0.29, 0.717) is 5.92 Å². The Bertz CT molecular complexity index is 732. The van der Waals surface area contributed by atoms with Crippen LogP contribution in [0.4, 0.5) is 0 Å². The minimum atomic E-state index is -0.184. The molecule has 0 aromatic heterocycles. The van der Waals surface area contributed by atoms with Crippen molar-refractivity contribution >= 4 is 5.91 Å². The molecule has 1 aromatic rings. The monoisotopic (exact) mass is 435 g/mol. The molecule has 0 spiro atoms. The van der Waals surface area contributed by atoms with Crippen molar-refractivity contribution in [3.63, 3.8) is 0 Å². The van der Waals surface area contributed by atoms with Gasteiger partial charge in [-0.15, -0.1) is 0 Å². The Kier molecular flexibility index (Phi) is 10.7. The van der Waals surface area contributed by atoms with Crippen LogP contribution in [-0.2, 0) is 11.2 Å². The molecule has 174 valence electrons. The lowest BCUT2D eigenvalue weighted by Gasteiger charge is -2.31. The van der Waals surface area contributed by atoms with Gasteiger partial charge in [-0.1, -0.05) is 88.1 Å². The van der Waals surface area contributed by atoms with Crippen LogP contribution in [0.15, 0.2) is 42.1 Å². The SMILES string of the molecule is N#C/C(=C/N1CCC(Cc2ccccc2)CC1)C(=O)NC1CCCCCCCCCCC1. The second kappa shape index (κ2) is 14.0. The first-order valence-electron chi connectivity index (χ1n) is 13.0. The lowest BCUT2D eigenvalue weighted by molar-refractivity contribution is -0.118. The minimum absolute atomic E-state index is 0.184. The quantitative estimate of drug-likeness (QED) is 0.446. The highest BCUT2D eigenvalue weighted by molar-refractivity contribution is 5.97. The molecular weight excluding hydrogens is 394 g/mol. The molecule has 2 fully saturated rings. The zero-order valence-corrected chi connectivity index (χ0v) is 19.7. The zero-order chi connectivity index (χ0) is 22.4. The molecule has 1 saturated carbocycles. The number of amides is 1. The van der Waals surface area contributed by atoms with Crippen LogP contribution in [0.2, 0.25) is 0 Å². The number of carbonyl (C=O) groups excluding carboxylic acids is 1. The fourth-order valence-corrected chi connectivity index (χ4v) is 5.13. The number of carbonyl (C=O) groups is 1. The fourth-order valence-electron chi connectivity index (χ4n) is 5.13. The number of benzene rings is 1. The van der Waals surface area contributed by atoms with E-state index in [0.717, 1.165) is 45.2 Å². The van der Waals surface area contributed by atoms with Gasteiger partial charge in [-0.2, -0.15) is 5.26 Å². The average molecular weight is 436 g/mol. The van der Waals surface area contributed by atoms with Crippen LogP contribution in [0.3, 0.4) is 0 Å². The fraction of sp³-hybridized carbons (Fsp3) is 0.643. The topological polar surface area (TPSA) is 56.1 Å². The summed E-state index contributed by atoms with van der Waals surface area (Å²) in [5.74, 6) is 0.494. The summed E-state index contributed by atoms with van der Waals surface area (Å²) in [6, 6.07) is 13.0. The minimum Gasteiger partial charge on any atom is -0.376 e. The number of nitrogens with zero attached hydrogens (tertiary/aromatic N) is 2. The molecule has 1 saturated heterocycles. The van der Waals surface area contributed by atoms with Crippen molar-refractivity contribution in [3.8, 4) is 6.07 Å². The van der Waals surface area contributed by atoms with Gasteiger partial charge in [0, 0.05) is 25.3 Å². The molecule has 2 aliphatic rings. The van der Waals surface area contributed by atoms with E-state index in [2.05, 4.69) is 46.6 Å². The Morgan fingerprint density at radius 2 is 1.47 bits per heavy atom. The first kappa shape index (κ1) is 24.4. The number of nitrogens with one attached hydrogen (secondary N) is 1. The van der Waals surface area contributed by atoms with Gasteiger partial charge < -0.3 is 10.2 Å². The van der Waals surface area contributed by atoms with Gasteiger partial charge in [0.2, 0.25) is 0 Å². The normalized spacial score (nSPS) is 20.6. The number of hydrogen-bond donors (Lipinski definition) is 1. The standard InChI is InChI=1S/C28H41N3O/c29-22-26(23-31-19-17-25(18-20-31)21-24-13-9-8-10-14-24)28(32)30-27-15-11-6-4-2-1-3-5-7-12-16-27/h8-10,13-14,23,25,27H,1-7,11-12,15-21H2,(H,30,32)/b26-23-. The first-order valence-corrected chi connectivity index (χ1v) is 13.0. The van der Waals surface area contributed by atoms with Gasteiger partial charge in [0.25, 0.3) is 5.91 Å². The molecule has 0 radical (unpaired) electrons. The predicted octanol–water partition coefficient (Wildman–Crippen LogP) is 6.14. The second-order valence-corrected chi connectivity index (χ2v) is 9.75. The Morgan fingerprint density at radius 3 is 2.03 bits per heavy atom. The maximum Gasteiger partial charge on any atom is 0.263 e. The maximum atomic E-state index is 12.9. The molecule has 1 aliphatic heterocycles. The van der Waals surface area contributed by atoms with E-state index in [-0.39, 0.29) is 17.5 Å². The van der Waals surface area contributed by atoms with Crippen LogP contribution in [0.5, 0.6) is 0 Å². The van der Waals surface area contributed by atoms with Gasteiger partial charge in [-0.3, -0.25) is 4.79 Å². The Labute approximate surface area is 195 Å². The smallest absolute Gasteiger partial charge is 0.263 e. The van der Waals surface area contributed by atoms with Crippen molar-refractivity contribution in [3.05, 3.63) is 47.7 Å². The van der Waals surface area contributed by atoms with E-state index in [4.69, 9.17) is 0 Å². The van der Waals surface area contributed by atoms with Gasteiger partial charge in [0.1, 0.15) is 11.6 Å². The molecule has 3 rings (SSSR count). The molecule has 1 aromatic carbocycles. The lowest BCUT2D eigenvalue weighted by atomic mass is 9.90. The summed E-state index contributed by atoms with van der Waals surface area (Å²) in [5, 5.41) is 12.8. The largest absolute Gasteiger partial charge is 0.376 e. The number of likely N-dealkylation sites (tertiary alicyclic amines) is 1. The van der Waals surface area contributed by atoms with Gasteiger partial charge in [-0.25, -0.2) is 0 Å². The predicted molar refractivity (Wildman–Crippen MR) is 131 cm³/mol. The summed E-state index contributed by atoms with van der Waals surface area (Å²) < 4.78 is 0. The molecule has 1 N–H and O–H groups in total. The highest BCUT2D eigenvalue weighted by Gasteiger charge is 2.21. The van der Waals surface area contributed by atoms with Crippen molar-refractivity contribution in [1.29, 1.82) is 5.26 Å². The third-order valence-corrected chi connectivity index (χ3v) is 7.13. The summed E-state index contributed by atoms with van der Waals surface area (Å²) in [6.07, 6.45) is 18.8. The molecule has 32 heavy (non-hydrogen) atoms. The van der Waals surface area contributed by atoms with Crippen LogP contribution < -0.4 is 5.32 Å². The Balaban J connectivity index is 1.48. The maximum absolute atomic E-state index is 12.9. The molecule has 4 nitrogen and oxygen atoms in total. The number of hydrogen-bond acceptors (Lipinski definition) is 3. The van der Waals surface area contributed by atoms with Crippen LogP contribution in [-0.4, -0.2) is 29.9 Å². The van der Waals surface area contributed by atoms with Gasteiger partial charge in [-0.05, 0) is 43.6 Å². The molecular formula is C28H41N3O. The second-order valence-electron chi connectivity index (χ2n) is 9.75. The van der Waals surface area contributed by atoms with Gasteiger partial charge >= 0.3 is 0 Å². The molecule has 0 atom stereocenters. The van der Waals surface area contributed by atoms with Crippen molar-refractivity contribution in [2.75, 3.05) is 13.1 Å². The number of rotatable bonds is 5. The van der Waals surface area contributed by atoms with Crippen molar-refractivity contribution in [2.24, 2.45) is 5.92 Å². The molecule has 4 heteroatoms. The van der Waals surface area contributed by atoms with Crippen LogP contribution in [0.1, 0.15) is 89.0 Å². The van der Waals surface area contributed by atoms with Gasteiger partial charge in [0.15, 0.2) is 0 Å². The van der Waals surface area contributed by atoms with E-state index < -0.39 is 0 Å². The summed E-state index contributed by atoms with van der Waals surface area (Å²) in [7, 11) is 0. The van der Waals surface area contributed by atoms with E-state index in [9.17, 15) is 10.1 Å². The van der Waals surface area contributed by atoms with E-state index in [1.54, 1.807) is 0 Å². The van der Waals surface area contributed by atoms with E-state index in [1.807, 2.05) is 6.20 Å². The van der Waals surface area contributed by atoms with Crippen molar-refractivity contribution < 1.29 is 4.79 Å². The summed E-state index contributed by atoms with van der Waals surface area (Å²) >= 11 is 0. The summed E-state index contributed by atoms with van der Waals surface area (Å²) in [4.78, 5) is 15.0. The van der Waals surface area contributed by atoms with Crippen LogP contribution in [0.25, 0.3) is 0 Å². The molecule has 1 amide bonds. The Morgan fingerprint density at radius 1 is 0.906 bits per heavy atom. The zero-order valence-electron chi connectivity index (χ0n) is 19.7. The molecule has 1 heterocycles. The van der Waals surface area contributed by atoms with E-state index >= 15 is 0 Å². The lowest BCUT2D eigenvalue weighted by Crippen LogP contribution is -2.37. The molecule has 0 bridgehead atoms. The van der Waals surface area contributed by atoms with Crippen LogP contribution in [0, 0.1) is 17.2 Å². The third-order valence-electron chi connectivity index (χ3n) is 7.13. The Hall–Kier alpha value is -2.28. The molecule has 0 unspecified atom stereocenters. The summed E-state index contributed by atoms with van der Waals surface area (Å²) in [6.45, 7) is 1.83. The highest BCUT2D eigenvalue weighted by Crippen LogP contribution is 2.22. The third kappa shape index (κ3) is 8.69. The van der Waals surface area contributed by atoms with E-state index in [1.165, 1.54) is 63.4 Å². The highest BCUT2D eigenvalue weighted by atomic mass is 16.1. The van der Waals surface area contributed by atoms with Crippen molar-refractivity contribution in [2.45, 2.75) is 95.9 Å². The van der Waals surface area contributed by atoms with Gasteiger partial charge in [0.05, 0.1) is 0 Å². The van der Waals surface area contributed by atoms with Crippen molar-refractivity contribution in [1.82, 2.24) is 10.2 Å². The van der Waals surface area contributed by atoms with Crippen LogP contribution >= 0.6 is 0 Å². The average Bonchev–Trinajstić information content (AvgIpc) is 2.81.